The number of aryl methyl sites for hydroxylation is 1. The van der Waals surface area contributed by atoms with Crippen molar-refractivity contribution in [3.8, 4) is 0 Å². The van der Waals surface area contributed by atoms with Gasteiger partial charge in [-0.25, -0.2) is 0 Å². The molecule has 4 nitrogen and oxygen atoms in total. The van der Waals surface area contributed by atoms with E-state index in [1.165, 1.54) is 26.5 Å². The van der Waals surface area contributed by atoms with E-state index < -0.39 is 0 Å². The van der Waals surface area contributed by atoms with E-state index in [0.29, 0.717) is 8.58 Å². The van der Waals surface area contributed by atoms with Crippen molar-refractivity contribution in [3.63, 3.8) is 0 Å². The average molecular weight is 517 g/mol. The highest BCUT2D eigenvalue weighted by molar-refractivity contribution is 8.12. The van der Waals surface area contributed by atoms with Crippen LogP contribution < -0.4 is 10.0 Å². The van der Waals surface area contributed by atoms with Gasteiger partial charge in [0.25, 0.3) is 0 Å². The number of nitrogens with zero attached hydrogens (tertiary/aromatic N) is 2. The summed E-state index contributed by atoms with van der Waals surface area (Å²) in [5.41, 5.74) is 5.37. The molecule has 0 aliphatic rings. The molecule has 3 aromatic carbocycles. The van der Waals surface area contributed by atoms with Gasteiger partial charge in [0.05, 0.1) is 5.71 Å². The molecule has 36 heavy (non-hydrogen) atoms. The predicted octanol–water partition coefficient (Wildman–Crippen LogP) is 6.94. The first kappa shape index (κ1) is 27.7. The molecule has 0 aliphatic carbocycles. The maximum absolute atomic E-state index is 5.03. The van der Waals surface area contributed by atoms with Gasteiger partial charge in [0.15, 0.2) is 0 Å². The summed E-state index contributed by atoms with van der Waals surface area (Å²) in [6.07, 6.45) is 4.05. The Morgan fingerprint density at radius 2 is 1.72 bits per heavy atom. The van der Waals surface area contributed by atoms with Gasteiger partial charge in [0, 0.05) is 53.5 Å². The lowest BCUT2D eigenvalue weighted by atomic mass is 10.0. The number of hydrogen-bond donors (Lipinski definition) is 2. The Bertz CT molecular complexity index is 1340. The Labute approximate surface area is 220 Å². The number of allylic oxidation sites excluding steroid dienone is 4. The lowest BCUT2D eigenvalue weighted by Crippen LogP contribution is -2.23. The molecule has 2 atom stereocenters. The van der Waals surface area contributed by atoms with E-state index in [9.17, 15) is 0 Å². The lowest BCUT2D eigenvalue weighted by molar-refractivity contribution is 0.774. The summed E-state index contributed by atoms with van der Waals surface area (Å²) in [4.78, 5) is 10.5. The predicted molar refractivity (Wildman–Crippen MR) is 166 cm³/mol. The van der Waals surface area contributed by atoms with Crippen molar-refractivity contribution in [3.05, 3.63) is 101 Å². The first-order chi connectivity index (χ1) is 17.4. The summed E-state index contributed by atoms with van der Waals surface area (Å²) >= 11 is 0. The molecular weight excluding hydrogens is 479 g/mol. The molecular formula is C30H37N4PS. The highest BCUT2D eigenvalue weighted by Crippen LogP contribution is 2.25. The zero-order chi connectivity index (χ0) is 25.9. The smallest absolute Gasteiger partial charge is 0.0725 e. The fraction of sp³-hybridized carbons (Fsp3) is 0.233. The van der Waals surface area contributed by atoms with Crippen LogP contribution in [0.25, 0.3) is 10.8 Å². The summed E-state index contributed by atoms with van der Waals surface area (Å²) in [6, 6.07) is 23.4. The molecule has 0 amide bonds. The molecule has 0 saturated carbocycles. The second-order valence-corrected chi connectivity index (χ2v) is 11.1. The maximum atomic E-state index is 5.03. The van der Waals surface area contributed by atoms with Crippen LogP contribution >= 0.6 is 19.3 Å². The number of hydrogen-bond acceptors (Lipinski definition) is 4. The van der Waals surface area contributed by atoms with Crippen LogP contribution in [-0.2, 0) is 0 Å². The van der Waals surface area contributed by atoms with Crippen LogP contribution in [0.3, 0.4) is 0 Å². The number of aliphatic imine (C=N–C) groups is 2. The van der Waals surface area contributed by atoms with Crippen LogP contribution in [0.1, 0.15) is 25.0 Å². The number of fused-ring (bicyclic) bond motifs is 1. The van der Waals surface area contributed by atoms with E-state index in [0.717, 1.165) is 35.8 Å². The quantitative estimate of drug-likeness (QED) is 0.126. The summed E-state index contributed by atoms with van der Waals surface area (Å²) in [6.45, 7) is 10.1. The van der Waals surface area contributed by atoms with Gasteiger partial charge in [-0.2, -0.15) is 0 Å². The Morgan fingerprint density at radius 1 is 1.00 bits per heavy atom. The van der Waals surface area contributed by atoms with Gasteiger partial charge in [0.2, 0.25) is 0 Å². The molecule has 0 bridgehead atoms. The molecule has 188 valence electrons. The highest BCUT2D eigenvalue weighted by atomic mass is 32.2. The SMILES string of the molecule is C=S(NCCN/C(C)=C/C(=N\C(C)=C(\C=NC)PC)c1ccccc1C)c1ccc2ccccc2c1. The molecule has 0 spiro atoms. The van der Waals surface area contributed by atoms with Gasteiger partial charge in [-0.1, -0.05) is 79.7 Å². The first-order valence-corrected chi connectivity index (χ1v) is 15.0. The summed E-state index contributed by atoms with van der Waals surface area (Å²) in [5.74, 6) is 4.34. The van der Waals surface area contributed by atoms with Crippen LogP contribution in [0.5, 0.6) is 0 Å². The van der Waals surface area contributed by atoms with Crippen LogP contribution in [-0.4, -0.2) is 44.6 Å². The molecule has 3 aromatic rings. The Balaban J connectivity index is 1.69. The second kappa shape index (κ2) is 14.0. The zero-order valence-electron chi connectivity index (χ0n) is 21.9. The van der Waals surface area contributed by atoms with Gasteiger partial charge in [-0.3, -0.25) is 14.7 Å². The van der Waals surface area contributed by atoms with E-state index >= 15 is 0 Å². The third kappa shape index (κ3) is 7.83. The molecule has 0 radical (unpaired) electrons. The fourth-order valence-electron chi connectivity index (χ4n) is 3.83. The van der Waals surface area contributed by atoms with Gasteiger partial charge in [-0.15, -0.1) is 0 Å². The monoisotopic (exact) mass is 516 g/mol. The average Bonchev–Trinajstić information content (AvgIpc) is 2.89. The minimum atomic E-state index is -0.265. The Kier molecular flexibility index (Phi) is 10.8. The standard InChI is InChI=1S/C30H37N4PS/c1-22-11-7-10-14-28(22)29(34-24(3)30(35-5)21-31-4)19-23(2)32-17-18-33-36(6)27-16-15-25-12-8-9-13-26(25)20-27/h7-16,19-21,32-33,35H,6,17-18H2,1-5H3/b23-19+,30-24-,31-21?,34-29+. The summed E-state index contributed by atoms with van der Waals surface area (Å²) in [5, 5.41) is 7.21. The third-order valence-electron chi connectivity index (χ3n) is 5.79. The van der Waals surface area contributed by atoms with Crippen LogP contribution in [0.2, 0.25) is 0 Å². The Morgan fingerprint density at radius 3 is 2.44 bits per heavy atom. The van der Waals surface area contributed by atoms with Crippen molar-refractivity contribution in [2.24, 2.45) is 9.98 Å². The fourth-order valence-corrected chi connectivity index (χ4v) is 5.53. The van der Waals surface area contributed by atoms with Crippen molar-refractivity contribution in [2.45, 2.75) is 25.7 Å². The van der Waals surface area contributed by atoms with E-state index in [1.807, 2.05) is 6.21 Å². The topological polar surface area (TPSA) is 48.8 Å². The van der Waals surface area contributed by atoms with Crippen molar-refractivity contribution in [1.29, 1.82) is 0 Å². The molecule has 0 heterocycles. The van der Waals surface area contributed by atoms with Crippen molar-refractivity contribution < 1.29 is 0 Å². The van der Waals surface area contributed by atoms with Crippen LogP contribution in [0.15, 0.2) is 104 Å². The molecule has 3 rings (SSSR count). The summed E-state index contributed by atoms with van der Waals surface area (Å²) in [7, 11) is 2.18. The Hall–Kier alpha value is -2.85. The van der Waals surface area contributed by atoms with Crippen molar-refractivity contribution in [2.75, 3.05) is 26.8 Å². The van der Waals surface area contributed by atoms with Crippen LogP contribution in [0.4, 0.5) is 0 Å². The maximum Gasteiger partial charge on any atom is 0.0725 e. The third-order valence-corrected chi connectivity index (χ3v) is 8.20. The molecule has 0 aromatic heterocycles. The normalized spacial score (nSPS) is 14.6. The minimum absolute atomic E-state index is 0.265. The van der Waals surface area contributed by atoms with Gasteiger partial charge < -0.3 is 5.32 Å². The van der Waals surface area contributed by atoms with Crippen molar-refractivity contribution in [1.82, 2.24) is 10.0 Å². The highest BCUT2D eigenvalue weighted by Gasteiger charge is 2.07. The lowest BCUT2D eigenvalue weighted by Gasteiger charge is -2.13. The van der Waals surface area contributed by atoms with E-state index in [-0.39, 0.29) is 10.7 Å². The van der Waals surface area contributed by atoms with Crippen LogP contribution in [0, 0.1) is 6.92 Å². The molecule has 2 unspecified atom stereocenters. The van der Waals surface area contributed by atoms with Gasteiger partial charge in [-0.05, 0) is 62.0 Å². The van der Waals surface area contributed by atoms with Crippen molar-refractivity contribution >= 4 is 47.8 Å². The molecule has 0 fully saturated rings. The molecule has 2 N–H and O–H groups in total. The molecule has 6 heteroatoms. The molecule has 0 aliphatic heterocycles. The number of nitrogens with one attached hydrogen (secondary N) is 2. The second-order valence-electron chi connectivity index (χ2n) is 8.50. The largest absolute Gasteiger partial charge is 0.387 e. The van der Waals surface area contributed by atoms with E-state index in [2.05, 4.69) is 121 Å². The minimum Gasteiger partial charge on any atom is -0.387 e. The van der Waals surface area contributed by atoms with E-state index in [4.69, 9.17) is 4.99 Å². The zero-order valence-corrected chi connectivity index (χ0v) is 23.7. The van der Waals surface area contributed by atoms with Gasteiger partial charge in [0.1, 0.15) is 0 Å². The number of rotatable bonds is 11. The molecule has 0 saturated heterocycles. The van der Waals surface area contributed by atoms with E-state index in [1.54, 1.807) is 7.05 Å². The van der Waals surface area contributed by atoms with Gasteiger partial charge >= 0.3 is 0 Å². The number of benzene rings is 3. The summed E-state index contributed by atoms with van der Waals surface area (Å²) < 4.78 is 3.56. The first-order valence-electron chi connectivity index (χ1n) is 12.1.